The average Bonchev–Trinajstić information content (AvgIpc) is 3.30. The van der Waals surface area contributed by atoms with Crippen LogP contribution in [-0.2, 0) is 22.5 Å². The Morgan fingerprint density at radius 3 is 2.97 bits per heavy atom. The molecule has 2 aromatic rings. The van der Waals surface area contributed by atoms with E-state index in [0.717, 1.165) is 18.2 Å². The van der Waals surface area contributed by atoms with Crippen molar-refractivity contribution in [2.45, 2.75) is 50.5 Å². The lowest BCUT2D eigenvalue weighted by Crippen LogP contribution is -2.49. The highest BCUT2D eigenvalue weighted by Gasteiger charge is 2.31. The molecule has 1 N–H and O–H groups in total. The number of benzene rings is 1. The van der Waals surface area contributed by atoms with Crippen LogP contribution in [0.2, 0.25) is 0 Å². The minimum Gasteiger partial charge on any atom is -0.472 e. The van der Waals surface area contributed by atoms with E-state index in [-0.39, 0.29) is 24.3 Å². The van der Waals surface area contributed by atoms with E-state index in [0.29, 0.717) is 44.0 Å². The summed E-state index contributed by atoms with van der Waals surface area (Å²) in [6, 6.07) is 11.1. The number of hydrogen-bond acceptors (Lipinski definition) is 7. The fraction of sp³-hybridized carbons (Fsp3) is 0.435. The molecule has 8 heteroatoms. The number of Topliss-reactive ketones (excluding diaryl/α,β-unsaturated/α-hetero) is 1. The first-order chi connectivity index (χ1) is 15.1. The van der Waals surface area contributed by atoms with E-state index >= 15 is 0 Å². The van der Waals surface area contributed by atoms with E-state index in [4.69, 9.17) is 9.47 Å². The number of ether oxygens (including phenoxy) is 2. The van der Waals surface area contributed by atoms with Gasteiger partial charge in [0.05, 0.1) is 25.5 Å². The summed E-state index contributed by atoms with van der Waals surface area (Å²) in [7, 11) is 1.48. The van der Waals surface area contributed by atoms with Gasteiger partial charge in [-0.25, -0.2) is 4.98 Å². The highest BCUT2D eigenvalue weighted by atomic mass is 16.5. The Bertz CT molecular complexity index is 918. The van der Waals surface area contributed by atoms with Gasteiger partial charge >= 0.3 is 0 Å². The van der Waals surface area contributed by atoms with Crippen LogP contribution in [0.3, 0.4) is 0 Å². The number of pyridine rings is 1. The topological polar surface area (TPSA) is 89.0 Å². The molecule has 1 unspecified atom stereocenters. The zero-order chi connectivity index (χ0) is 21.6. The molecule has 31 heavy (non-hydrogen) atoms. The number of fused-ring (bicyclic) bond motifs is 1. The Hall–Kier alpha value is -2.55. The van der Waals surface area contributed by atoms with E-state index in [2.05, 4.69) is 4.98 Å². The normalized spacial score (nSPS) is 21.8. The predicted octanol–water partition coefficient (Wildman–Crippen LogP) is 1.81. The van der Waals surface area contributed by atoms with Gasteiger partial charge in [0, 0.05) is 43.3 Å². The smallest absolute Gasteiger partial charge is 0.293 e. The number of ketones is 1. The molecule has 7 nitrogen and oxygen atoms in total. The third-order valence-corrected chi connectivity index (χ3v) is 5.92. The maximum Gasteiger partial charge on any atom is 0.293 e. The molecule has 0 bridgehead atoms. The second-order valence-corrected chi connectivity index (χ2v) is 8.01. The number of hydrogen-bond donors (Lipinski definition) is 1. The minimum atomic E-state index is -0.735. The van der Waals surface area contributed by atoms with Gasteiger partial charge in [-0.3, -0.25) is 4.79 Å². The number of nitrogens with zero attached hydrogens (tertiary/aromatic N) is 2. The number of aliphatic hydroxyl groups excluding tert-OH is 1. The van der Waals surface area contributed by atoms with Gasteiger partial charge in [0.25, 0.3) is 7.41 Å². The molecule has 4 rings (SSSR count). The highest BCUT2D eigenvalue weighted by molar-refractivity contribution is 6.64. The summed E-state index contributed by atoms with van der Waals surface area (Å²) in [6.45, 7) is 1.77. The average molecular weight is 421 g/mol. The van der Waals surface area contributed by atoms with Crippen molar-refractivity contribution < 1.29 is 24.2 Å². The Morgan fingerprint density at radius 1 is 1.35 bits per heavy atom. The van der Waals surface area contributed by atoms with Gasteiger partial charge in [-0.05, 0) is 30.0 Å². The molecule has 0 aliphatic carbocycles. The summed E-state index contributed by atoms with van der Waals surface area (Å²) in [6.07, 6.45) is 3.49. The number of aliphatic hydroxyl groups is 1. The quantitative estimate of drug-likeness (QED) is 0.375. The molecule has 1 aromatic heterocycles. The van der Waals surface area contributed by atoms with Crippen molar-refractivity contribution in [2.75, 3.05) is 13.2 Å². The lowest BCUT2D eigenvalue weighted by Gasteiger charge is -2.38. The largest absolute Gasteiger partial charge is 0.472 e. The molecule has 1 saturated heterocycles. The molecule has 0 amide bonds. The van der Waals surface area contributed by atoms with Gasteiger partial charge < -0.3 is 24.2 Å². The molecule has 3 atom stereocenters. The zero-order valence-corrected chi connectivity index (χ0v) is 17.4. The summed E-state index contributed by atoms with van der Waals surface area (Å²) in [5.74, 6) is 0.341. The summed E-state index contributed by atoms with van der Waals surface area (Å²) in [5.41, 5.74) is 2.83. The van der Waals surface area contributed by atoms with Gasteiger partial charge in [0.15, 0.2) is 5.78 Å². The number of aromatic nitrogens is 1. The molecule has 0 saturated carbocycles. The SMILES string of the molecule is O=C[B]N1Cc2ccccc2C[C@H]1[C@H](O)CCC(=O)c1ccnc(OC2CCOC2)c1. The van der Waals surface area contributed by atoms with Gasteiger partial charge in [-0.2, -0.15) is 0 Å². The molecule has 161 valence electrons. The minimum absolute atomic E-state index is 0.0334. The Labute approximate surface area is 182 Å². The van der Waals surface area contributed by atoms with Crippen molar-refractivity contribution in [3.63, 3.8) is 0 Å². The zero-order valence-electron chi connectivity index (χ0n) is 17.4. The Balaban J connectivity index is 1.36. The van der Waals surface area contributed by atoms with Crippen LogP contribution >= 0.6 is 0 Å². The van der Waals surface area contributed by atoms with E-state index < -0.39 is 6.10 Å². The Kier molecular flexibility index (Phi) is 7.12. The number of carbonyl (C=O) groups is 2. The first kappa shape index (κ1) is 21.7. The lowest BCUT2D eigenvalue weighted by molar-refractivity contribution is 0.0676. The van der Waals surface area contributed by atoms with E-state index in [1.165, 1.54) is 13.0 Å². The van der Waals surface area contributed by atoms with Gasteiger partial charge in [-0.1, -0.05) is 24.3 Å². The third-order valence-electron chi connectivity index (χ3n) is 5.92. The van der Waals surface area contributed by atoms with Crippen molar-refractivity contribution in [1.82, 2.24) is 9.79 Å². The van der Waals surface area contributed by atoms with E-state index in [1.54, 1.807) is 18.3 Å². The molecule has 1 radical (unpaired) electrons. The van der Waals surface area contributed by atoms with Crippen molar-refractivity contribution in [3.05, 3.63) is 59.3 Å². The van der Waals surface area contributed by atoms with Crippen LogP contribution in [0.1, 0.15) is 40.7 Å². The summed E-state index contributed by atoms with van der Waals surface area (Å²) < 4.78 is 11.1. The van der Waals surface area contributed by atoms with Gasteiger partial charge in [-0.15, -0.1) is 0 Å². The molecular formula is C23H26BN2O5. The fourth-order valence-corrected chi connectivity index (χ4v) is 4.21. The standard InChI is InChI=1S/C23H26BN2O5/c27-15-24-26-13-18-4-2-1-3-16(18)11-20(26)22(29)6-5-21(28)17-7-9-25-23(12-17)31-19-8-10-30-14-19/h1-4,7,9,12,15,19-20,22,29H,5-6,8,10-11,13-14H2/t19?,20-,22+/m0/s1. The number of rotatable bonds is 9. The van der Waals surface area contributed by atoms with Crippen molar-refractivity contribution in [3.8, 4) is 5.88 Å². The molecule has 2 aliphatic heterocycles. The van der Waals surface area contributed by atoms with Crippen LogP contribution < -0.4 is 4.74 Å². The Morgan fingerprint density at radius 2 is 2.19 bits per heavy atom. The molecular weight excluding hydrogens is 395 g/mol. The summed E-state index contributed by atoms with van der Waals surface area (Å²) in [5, 5.41) is 10.9. The van der Waals surface area contributed by atoms with Crippen LogP contribution in [0.15, 0.2) is 42.6 Å². The number of carbonyl (C=O) groups excluding carboxylic acids is 2. The third kappa shape index (κ3) is 5.39. The second kappa shape index (κ2) is 10.2. The highest BCUT2D eigenvalue weighted by Crippen LogP contribution is 2.26. The maximum atomic E-state index is 12.7. The predicted molar refractivity (Wildman–Crippen MR) is 116 cm³/mol. The molecule has 1 fully saturated rings. The summed E-state index contributed by atoms with van der Waals surface area (Å²) in [4.78, 5) is 29.9. The molecule has 2 aliphatic rings. The van der Waals surface area contributed by atoms with Crippen molar-refractivity contribution in [1.29, 1.82) is 0 Å². The van der Waals surface area contributed by atoms with Crippen LogP contribution in [0.25, 0.3) is 0 Å². The first-order valence-corrected chi connectivity index (χ1v) is 10.7. The maximum absolute atomic E-state index is 12.7. The van der Waals surface area contributed by atoms with Crippen molar-refractivity contribution in [2.24, 2.45) is 0 Å². The van der Waals surface area contributed by atoms with Crippen LogP contribution in [0.4, 0.5) is 0 Å². The van der Waals surface area contributed by atoms with Gasteiger partial charge in [0.1, 0.15) is 6.10 Å². The van der Waals surface area contributed by atoms with Crippen LogP contribution in [-0.4, -0.2) is 65.7 Å². The van der Waals surface area contributed by atoms with E-state index in [1.807, 2.05) is 29.1 Å². The van der Waals surface area contributed by atoms with Gasteiger partial charge in [0.2, 0.25) is 5.88 Å². The summed E-state index contributed by atoms with van der Waals surface area (Å²) >= 11 is 0. The first-order valence-electron chi connectivity index (χ1n) is 10.7. The lowest BCUT2D eigenvalue weighted by atomic mass is 9.81. The van der Waals surface area contributed by atoms with Crippen LogP contribution in [0, 0.1) is 0 Å². The van der Waals surface area contributed by atoms with Crippen molar-refractivity contribution >= 4 is 19.4 Å². The second-order valence-electron chi connectivity index (χ2n) is 8.01. The molecule has 3 heterocycles. The molecule has 0 spiro atoms. The monoisotopic (exact) mass is 421 g/mol. The fourth-order valence-electron chi connectivity index (χ4n) is 4.21. The van der Waals surface area contributed by atoms with E-state index in [9.17, 15) is 14.7 Å². The molecule has 1 aromatic carbocycles. The van der Waals surface area contributed by atoms with Crippen LogP contribution in [0.5, 0.6) is 5.88 Å².